The number of aromatic nitrogens is 4. The molecule has 3 aromatic heterocycles. The molecule has 0 bridgehead atoms. The van der Waals surface area contributed by atoms with Gasteiger partial charge in [-0.15, -0.1) is 0 Å². The summed E-state index contributed by atoms with van der Waals surface area (Å²) in [5.41, 5.74) is 1.75. The fourth-order valence-electron chi connectivity index (χ4n) is 2.61. The number of rotatable bonds is 4. The molecule has 1 aliphatic carbocycles. The summed E-state index contributed by atoms with van der Waals surface area (Å²) in [4.78, 5) is 26.8. The molecular formula is C16H10F2N4O2. The van der Waals surface area contributed by atoms with Gasteiger partial charge in [-0.05, 0) is 12.1 Å². The van der Waals surface area contributed by atoms with Crippen LogP contribution in [-0.2, 0) is 4.79 Å². The van der Waals surface area contributed by atoms with E-state index in [2.05, 4.69) is 24.7 Å². The first-order valence-corrected chi connectivity index (χ1v) is 7.14. The van der Waals surface area contributed by atoms with E-state index in [0.29, 0.717) is 22.2 Å². The molecule has 0 radical (unpaired) electrons. The van der Waals surface area contributed by atoms with E-state index in [9.17, 15) is 13.6 Å². The van der Waals surface area contributed by atoms with Gasteiger partial charge in [0.1, 0.15) is 6.33 Å². The summed E-state index contributed by atoms with van der Waals surface area (Å²) in [5, 5.41) is 0.634. The van der Waals surface area contributed by atoms with Gasteiger partial charge in [-0.2, -0.15) is 0 Å². The average molecular weight is 328 g/mol. The number of carbonyl (C=O) groups excluding carboxylic acids is 1. The van der Waals surface area contributed by atoms with Gasteiger partial charge in [0, 0.05) is 35.8 Å². The maximum atomic E-state index is 13.6. The van der Waals surface area contributed by atoms with Gasteiger partial charge in [-0.25, -0.2) is 23.7 Å². The third-order valence-corrected chi connectivity index (χ3v) is 3.89. The second-order valence-corrected chi connectivity index (χ2v) is 5.46. The molecule has 0 N–H and O–H groups in total. The summed E-state index contributed by atoms with van der Waals surface area (Å²) in [7, 11) is 0. The fourth-order valence-corrected chi connectivity index (χ4v) is 2.61. The largest absolute Gasteiger partial charge is 0.410 e. The van der Waals surface area contributed by atoms with Gasteiger partial charge in [0.05, 0.1) is 22.8 Å². The van der Waals surface area contributed by atoms with Crippen molar-refractivity contribution in [3.8, 4) is 17.1 Å². The molecule has 8 heteroatoms. The van der Waals surface area contributed by atoms with Crippen LogP contribution >= 0.6 is 0 Å². The van der Waals surface area contributed by atoms with Crippen LogP contribution in [0.4, 0.5) is 8.78 Å². The van der Waals surface area contributed by atoms with Crippen LogP contribution in [0.2, 0.25) is 0 Å². The molecule has 6 nitrogen and oxygen atoms in total. The number of carbonyl (C=O) groups is 1. The maximum absolute atomic E-state index is 13.6. The van der Waals surface area contributed by atoms with E-state index in [0.717, 1.165) is 0 Å². The number of hydrogen-bond acceptors (Lipinski definition) is 6. The third-order valence-electron chi connectivity index (χ3n) is 3.89. The molecule has 4 rings (SSSR count). The van der Waals surface area contributed by atoms with Crippen molar-refractivity contribution in [1.29, 1.82) is 0 Å². The SMILES string of the molecule is O=COc1cc2nc(C3CC3(F)F)c(-c3ccncn3)cc2cn1. The lowest BCUT2D eigenvalue weighted by Gasteiger charge is -2.10. The molecule has 0 amide bonds. The molecule has 0 saturated heterocycles. The molecule has 0 aromatic carbocycles. The molecule has 1 unspecified atom stereocenters. The molecule has 1 aliphatic rings. The number of fused-ring (bicyclic) bond motifs is 1. The minimum atomic E-state index is -2.77. The molecule has 3 heterocycles. The highest BCUT2D eigenvalue weighted by Gasteiger charge is 2.59. The smallest absolute Gasteiger partial charge is 0.299 e. The van der Waals surface area contributed by atoms with E-state index in [4.69, 9.17) is 0 Å². The van der Waals surface area contributed by atoms with Gasteiger partial charge >= 0.3 is 0 Å². The zero-order chi connectivity index (χ0) is 16.7. The quantitative estimate of drug-likeness (QED) is 0.685. The van der Waals surface area contributed by atoms with E-state index < -0.39 is 11.8 Å². The fraction of sp³-hybridized carbons (Fsp3) is 0.188. The number of nitrogens with zero attached hydrogens (tertiary/aromatic N) is 4. The van der Waals surface area contributed by atoms with Crippen molar-refractivity contribution in [2.75, 3.05) is 0 Å². The van der Waals surface area contributed by atoms with E-state index in [1.165, 1.54) is 18.6 Å². The van der Waals surface area contributed by atoms with Crippen molar-refractivity contribution >= 4 is 17.4 Å². The Bertz CT molecular complexity index is 934. The second kappa shape index (κ2) is 5.26. The second-order valence-electron chi connectivity index (χ2n) is 5.46. The molecule has 1 atom stereocenters. The predicted molar refractivity (Wildman–Crippen MR) is 79.6 cm³/mol. The van der Waals surface area contributed by atoms with Gasteiger partial charge < -0.3 is 4.74 Å². The Morgan fingerprint density at radius 3 is 2.79 bits per heavy atom. The van der Waals surface area contributed by atoms with Crippen LogP contribution in [0.25, 0.3) is 22.2 Å². The van der Waals surface area contributed by atoms with E-state index in [1.807, 2.05) is 0 Å². The van der Waals surface area contributed by atoms with Gasteiger partial charge in [0.2, 0.25) is 5.88 Å². The Morgan fingerprint density at radius 1 is 1.29 bits per heavy atom. The number of halogens is 2. The van der Waals surface area contributed by atoms with Crippen molar-refractivity contribution in [3.63, 3.8) is 0 Å². The van der Waals surface area contributed by atoms with Crippen LogP contribution < -0.4 is 4.74 Å². The molecule has 3 aromatic rings. The Balaban J connectivity index is 1.91. The van der Waals surface area contributed by atoms with Crippen molar-refractivity contribution in [3.05, 3.63) is 42.6 Å². The standard InChI is InChI=1S/C16H10F2N4O2/c17-16(18)5-11(16)15-10(12-1-2-19-7-21-12)3-9-6-20-14(24-8-23)4-13(9)22-15/h1-4,6-8,11H,5H2. The molecular weight excluding hydrogens is 318 g/mol. The zero-order valence-corrected chi connectivity index (χ0v) is 12.2. The van der Waals surface area contributed by atoms with E-state index in [-0.39, 0.29) is 24.5 Å². The predicted octanol–water partition coefficient (Wildman–Crippen LogP) is 2.74. The van der Waals surface area contributed by atoms with Gasteiger partial charge in [0.25, 0.3) is 12.4 Å². The lowest BCUT2D eigenvalue weighted by atomic mass is 10.0. The summed E-state index contributed by atoms with van der Waals surface area (Å²) in [6.07, 6.45) is 4.13. The normalized spacial score (nSPS) is 18.3. The highest BCUT2D eigenvalue weighted by molar-refractivity contribution is 5.85. The first kappa shape index (κ1) is 14.6. The number of hydrogen-bond donors (Lipinski definition) is 0. The monoisotopic (exact) mass is 328 g/mol. The van der Waals surface area contributed by atoms with Gasteiger partial charge in [-0.3, -0.25) is 9.78 Å². The van der Waals surface area contributed by atoms with Gasteiger partial charge in [-0.1, -0.05) is 0 Å². The Labute approximate surface area is 134 Å². The highest BCUT2D eigenvalue weighted by Crippen LogP contribution is 2.57. The summed E-state index contributed by atoms with van der Waals surface area (Å²) >= 11 is 0. The lowest BCUT2D eigenvalue weighted by Crippen LogP contribution is -2.01. The maximum Gasteiger partial charge on any atom is 0.299 e. The first-order valence-electron chi connectivity index (χ1n) is 7.14. The van der Waals surface area contributed by atoms with Crippen molar-refractivity contribution in [1.82, 2.24) is 19.9 Å². The average Bonchev–Trinajstić information content (AvgIpc) is 3.23. The summed E-state index contributed by atoms with van der Waals surface area (Å²) in [6, 6.07) is 4.80. The highest BCUT2D eigenvalue weighted by atomic mass is 19.3. The van der Waals surface area contributed by atoms with Crippen molar-refractivity contribution in [2.45, 2.75) is 18.3 Å². The molecule has 1 fully saturated rings. The summed E-state index contributed by atoms with van der Waals surface area (Å²) in [5.74, 6) is -3.65. The Morgan fingerprint density at radius 2 is 2.12 bits per heavy atom. The van der Waals surface area contributed by atoms with Crippen molar-refractivity contribution in [2.24, 2.45) is 0 Å². The summed E-state index contributed by atoms with van der Waals surface area (Å²) < 4.78 is 31.9. The minimum Gasteiger partial charge on any atom is -0.410 e. The van der Waals surface area contributed by atoms with Crippen molar-refractivity contribution < 1.29 is 18.3 Å². The summed E-state index contributed by atoms with van der Waals surface area (Å²) in [6.45, 7) is 0.249. The Hall–Kier alpha value is -3.03. The van der Waals surface area contributed by atoms with Crippen LogP contribution in [0.5, 0.6) is 5.88 Å². The van der Waals surface area contributed by atoms with Crippen LogP contribution in [0.15, 0.2) is 36.9 Å². The molecule has 0 aliphatic heterocycles. The molecule has 24 heavy (non-hydrogen) atoms. The van der Waals surface area contributed by atoms with Gasteiger partial charge in [0.15, 0.2) is 0 Å². The van der Waals surface area contributed by atoms with Crippen LogP contribution in [-0.4, -0.2) is 32.3 Å². The number of alkyl halides is 2. The van der Waals surface area contributed by atoms with E-state index >= 15 is 0 Å². The molecule has 0 spiro atoms. The zero-order valence-electron chi connectivity index (χ0n) is 12.2. The topological polar surface area (TPSA) is 77.9 Å². The minimum absolute atomic E-state index is 0.0632. The first-order chi connectivity index (χ1) is 11.6. The number of ether oxygens (including phenoxy) is 1. The lowest BCUT2D eigenvalue weighted by molar-refractivity contribution is -0.120. The van der Waals surface area contributed by atoms with Crippen LogP contribution in [0.3, 0.4) is 0 Å². The number of pyridine rings is 2. The molecule has 120 valence electrons. The van der Waals surface area contributed by atoms with Crippen LogP contribution in [0, 0.1) is 0 Å². The molecule has 1 saturated carbocycles. The van der Waals surface area contributed by atoms with Crippen LogP contribution in [0.1, 0.15) is 18.0 Å². The Kier molecular flexibility index (Phi) is 3.19. The third kappa shape index (κ3) is 2.45. The van der Waals surface area contributed by atoms with E-state index in [1.54, 1.807) is 18.3 Å².